The van der Waals surface area contributed by atoms with Crippen molar-refractivity contribution in [1.29, 1.82) is 5.39 Å². The average Bonchev–Trinajstić information content (AvgIpc) is 2.31. The molecule has 1 N–H and O–H groups in total. The van der Waals surface area contributed by atoms with Crippen LogP contribution in [0.25, 0.3) is 4.98 Å². The highest BCUT2D eigenvalue weighted by molar-refractivity contribution is 8.02. The standard InChI is InChI=1S/C11H10N2O3S/c1-2-16-10(14)9(13-12)11(15)17-8-6-4-3-5-7-8/h3-7H,2H2,1H3/p+1. The minimum absolute atomic E-state index is 0.140. The van der Waals surface area contributed by atoms with Gasteiger partial charge < -0.3 is 9.84 Å². The molecule has 0 aliphatic carbocycles. The fourth-order valence-corrected chi connectivity index (χ4v) is 1.76. The number of hydrogen-bond acceptors (Lipinski definition) is 5. The lowest BCUT2D eigenvalue weighted by Crippen LogP contribution is -2.06. The largest absolute Gasteiger partial charge is 0.516 e. The Morgan fingerprint density at radius 1 is 1.47 bits per heavy atom. The van der Waals surface area contributed by atoms with Crippen LogP contribution >= 0.6 is 11.8 Å². The second kappa shape index (κ2) is 6.55. The van der Waals surface area contributed by atoms with E-state index in [-0.39, 0.29) is 6.61 Å². The predicted octanol–water partition coefficient (Wildman–Crippen LogP) is 2.92. The maximum absolute atomic E-state index is 11.3. The number of aliphatic hydroxyl groups excluding tert-OH is 1. The Hall–Kier alpha value is -2.00. The van der Waals surface area contributed by atoms with E-state index < -0.39 is 16.8 Å². The van der Waals surface area contributed by atoms with Gasteiger partial charge in [0, 0.05) is 4.90 Å². The SMILES string of the molecule is CCOC(=O)/C([N+]#N)=C(\O)Sc1ccccc1. The summed E-state index contributed by atoms with van der Waals surface area (Å²) in [6.45, 7) is 1.76. The van der Waals surface area contributed by atoms with Crippen molar-refractivity contribution in [3.05, 3.63) is 46.1 Å². The van der Waals surface area contributed by atoms with Crippen molar-refractivity contribution in [2.24, 2.45) is 0 Å². The third-order valence-corrected chi connectivity index (χ3v) is 2.62. The van der Waals surface area contributed by atoms with E-state index in [1.165, 1.54) is 0 Å². The lowest BCUT2D eigenvalue weighted by Gasteiger charge is -1.97. The van der Waals surface area contributed by atoms with Crippen LogP contribution in [0.4, 0.5) is 0 Å². The number of aliphatic hydroxyl groups is 1. The van der Waals surface area contributed by atoms with Gasteiger partial charge in [0.2, 0.25) is 5.39 Å². The van der Waals surface area contributed by atoms with Crippen molar-refractivity contribution in [1.82, 2.24) is 0 Å². The Kier molecular flexibility index (Phi) is 5.04. The van der Waals surface area contributed by atoms with E-state index in [1.54, 1.807) is 31.2 Å². The van der Waals surface area contributed by atoms with Gasteiger partial charge in [-0.25, -0.2) is 4.79 Å². The molecule has 0 aliphatic rings. The van der Waals surface area contributed by atoms with Gasteiger partial charge in [-0.1, -0.05) is 18.2 Å². The highest BCUT2D eigenvalue weighted by Gasteiger charge is 2.31. The molecule has 0 atom stereocenters. The van der Waals surface area contributed by atoms with Crippen molar-refractivity contribution in [3.8, 4) is 0 Å². The first kappa shape index (κ1) is 13.1. The highest BCUT2D eigenvalue weighted by atomic mass is 32.2. The van der Waals surface area contributed by atoms with Gasteiger partial charge in [0.1, 0.15) is 0 Å². The van der Waals surface area contributed by atoms with Crippen molar-refractivity contribution in [2.75, 3.05) is 6.61 Å². The van der Waals surface area contributed by atoms with E-state index in [0.717, 1.165) is 16.7 Å². The summed E-state index contributed by atoms with van der Waals surface area (Å²) < 4.78 is 4.63. The molecule has 0 amide bonds. The molecule has 88 valence electrons. The van der Waals surface area contributed by atoms with E-state index in [9.17, 15) is 9.90 Å². The molecule has 5 nitrogen and oxygen atoms in total. The van der Waals surface area contributed by atoms with Gasteiger partial charge in [0.15, 0.2) is 4.98 Å². The van der Waals surface area contributed by atoms with E-state index in [2.05, 4.69) is 9.71 Å². The molecule has 0 aliphatic heterocycles. The molecular weight excluding hydrogens is 240 g/mol. The van der Waals surface area contributed by atoms with E-state index in [0.29, 0.717) is 0 Å². The third kappa shape index (κ3) is 3.81. The van der Waals surface area contributed by atoms with Crippen LogP contribution in [0.1, 0.15) is 6.92 Å². The van der Waals surface area contributed by atoms with Crippen molar-refractivity contribution in [2.45, 2.75) is 11.8 Å². The lowest BCUT2D eigenvalue weighted by molar-refractivity contribution is -0.138. The Labute approximate surface area is 103 Å². The van der Waals surface area contributed by atoms with Crippen LogP contribution in [0.3, 0.4) is 0 Å². The molecule has 1 aromatic carbocycles. The maximum Gasteiger partial charge on any atom is 0.516 e. The second-order valence-electron chi connectivity index (χ2n) is 2.89. The molecule has 0 radical (unpaired) electrons. The summed E-state index contributed by atoms with van der Waals surface area (Å²) in [6, 6.07) is 8.90. The first-order valence-corrected chi connectivity index (χ1v) is 5.69. The van der Waals surface area contributed by atoms with Crippen molar-refractivity contribution in [3.63, 3.8) is 0 Å². The van der Waals surface area contributed by atoms with Crippen LogP contribution in [-0.2, 0) is 9.53 Å². The number of thioether (sulfide) groups is 1. The number of hydrogen-bond donors (Lipinski definition) is 1. The molecule has 17 heavy (non-hydrogen) atoms. The normalized spacial score (nSPS) is 11.3. The van der Waals surface area contributed by atoms with Gasteiger partial charge >= 0.3 is 11.7 Å². The van der Waals surface area contributed by atoms with E-state index in [4.69, 9.17) is 5.39 Å². The minimum Gasteiger partial charge on any atom is -0.496 e. The third-order valence-electron chi connectivity index (χ3n) is 1.73. The first-order chi connectivity index (χ1) is 8.19. The number of rotatable bonds is 4. The Morgan fingerprint density at radius 2 is 2.12 bits per heavy atom. The number of ether oxygens (including phenoxy) is 1. The molecule has 0 saturated carbocycles. The maximum atomic E-state index is 11.3. The zero-order valence-electron chi connectivity index (χ0n) is 9.16. The highest BCUT2D eigenvalue weighted by Crippen LogP contribution is 2.27. The molecule has 0 saturated heterocycles. The van der Waals surface area contributed by atoms with Crippen LogP contribution < -0.4 is 0 Å². The van der Waals surface area contributed by atoms with Crippen LogP contribution in [0.15, 0.2) is 46.0 Å². The van der Waals surface area contributed by atoms with Gasteiger partial charge in [0.25, 0.3) is 5.09 Å². The number of carbonyl (C=O) groups excluding carboxylic acids is 1. The number of carbonyl (C=O) groups is 1. The topological polar surface area (TPSA) is 74.7 Å². The number of esters is 1. The zero-order chi connectivity index (χ0) is 12.7. The number of benzene rings is 1. The number of nitrogens with zero attached hydrogens (tertiary/aromatic N) is 2. The quantitative estimate of drug-likeness (QED) is 0.293. The van der Waals surface area contributed by atoms with Crippen LogP contribution in [0, 0.1) is 5.39 Å². The number of diazo groups is 1. The van der Waals surface area contributed by atoms with Gasteiger partial charge in [-0.15, -0.1) is 0 Å². The van der Waals surface area contributed by atoms with E-state index >= 15 is 0 Å². The first-order valence-electron chi connectivity index (χ1n) is 4.87. The second-order valence-corrected chi connectivity index (χ2v) is 3.95. The minimum atomic E-state index is -0.865. The Morgan fingerprint density at radius 3 is 2.65 bits per heavy atom. The lowest BCUT2D eigenvalue weighted by atomic mass is 10.4. The fourth-order valence-electron chi connectivity index (χ4n) is 1.02. The molecule has 6 heteroatoms. The molecule has 1 aromatic rings. The molecule has 0 unspecified atom stereocenters. The fraction of sp³-hybridized carbons (Fsp3) is 0.182. The molecule has 0 aromatic heterocycles. The molecule has 0 heterocycles. The molecule has 0 spiro atoms. The molecule has 1 rings (SSSR count). The summed E-state index contributed by atoms with van der Waals surface area (Å²) >= 11 is 0.911. The smallest absolute Gasteiger partial charge is 0.496 e. The molecule has 0 fully saturated rings. The molecule has 0 bridgehead atoms. The summed E-state index contributed by atoms with van der Waals surface area (Å²) in [4.78, 5) is 14.8. The van der Waals surface area contributed by atoms with Gasteiger partial charge in [-0.3, -0.25) is 0 Å². The van der Waals surface area contributed by atoms with E-state index in [1.807, 2.05) is 6.07 Å². The monoisotopic (exact) mass is 251 g/mol. The molecular formula is C11H11N2O3S+. The van der Waals surface area contributed by atoms with Gasteiger partial charge in [-0.05, 0) is 30.8 Å². The van der Waals surface area contributed by atoms with Gasteiger partial charge in [-0.2, -0.15) is 0 Å². The van der Waals surface area contributed by atoms with Gasteiger partial charge in [0.05, 0.1) is 6.61 Å². The summed E-state index contributed by atoms with van der Waals surface area (Å²) in [6.07, 6.45) is 0. The predicted molar refractivity (Wildman–Crippen MR) is 63.7 cm³/mol. The Balaban J connectivity index is 2.88. The summed E-state index contributed by atoms with van der Waals surface area (Å²) in [5.41, 5.74) is -0.499. The van der Waals surface area contributed by atoms with Crippen LogP contribution in [0.2, 0.25) is 0 Å². The summed E-state index contributed by atoms with van der Waals surface area (Å²) in [5.74, 6) is -0.865. The van der Waals surface area contributed by atoms with Crippen molar-refractivity contribution >= 4 is 17.7 Å². The average molecular weight is 251 g/mol. The van der Waals surface area contributed by atoms with Crippen molar-refractivity contribution < 1.29 is 14.6 Å². The summed E-state index contributed by atoms with van der Waals surface area (Å²) in [5, 5.41) is 17.9. The Bertz CT molecular complexity index is 465. The zero-order valence-corrected chi connectivity index (χ0v) is 9.98. The summed E-state index contributed by atoms with van der Waals surface area (Å²) in [7, 11) is 0. The van der Waals surface area contributed by atoms with Crippen LogP contribution in [-0.4, -0.2) is 17.7 Å². The van der Waals surface area contributed by atoms with Crippen LogP contribution in [0.5, 0.6) is 0 Å².